The van der Waals surface area contributed by atoms with Gasteiger partial charge in [-0.15, -0.1) is 11.3 Å². The molecule has 2 aromatic carbocycles. The summed E-state index contributed by atoms with van der Waals surface area (Å²) in [5.74, 6) is 0. The highest BCUT2D eigenvalue weighted by Crippen LogP contribution is 2.47. The molecule has 3 unspecified atom stereocenters. The quantitative estimate of drug-likeness (QED) is 0.217. The lowest BCUT2D eigenvalue weighted by atomic mass is 9.89. The van der Waals surface area contributed by atoms with E-state index in [-0.39, 0.29) is 12.6 Å². The molecule has 4 heterocycles. The van der Waals surface area contributed by atoms with Crippen LogP contribution < -0.4 is 0 Å². The zero-order chi connectivity index (χ0) is 26.1. The number of ether oxygens (including phenoxy) is 1. The molecule has 0 spiro atoms. The third-order valence-corrected chi connectivity index (χ3v) is 9.04. The van der Waals surface area contributed by atoms with Gasteiger partial charge in [-0.1, -0.05) is 54.9 Å². The molecule has 1 N–H and O–H groups in total. The molecule has 198 valence electrons. The molecule has 0 bridgehead atoms. The zero-order valence-electron chi connectivity index (χ0n) is 21.5. The third-order valence-electron chi connectivity index (χ3n) is 7.70. The Hall–Kier alpha value is -2.68. The van der Waals surface area contributed by atoms with E-state index < -0.39 is 11.2 Å². The van der Waals surface area contributed by atoms with Crippen LogP contribution in [0.2, 0.25) is 0 Å². The van der Waals surface area contributed by atoms with E-state index in [1.165, 1.54) is 21.8 Å². The first-order valence-electron chi connectivity index (χ1n) is 13.3. The summed E-state index contributed by atoms with van der Waals surface area (Å²) in [4.78, 5) is 7.34. The molecule has 8 heteroatoms. The van der Waals surface area contributed by atoms with Crippen LogP contribution in [0.15, 0.2) is 78.4 Å². The number of fused-ring (bicyclic) bond motifs is 2. The number of alkyl halides is 1. The van der Waals surface area contributed by atoms with Gasteiger partial charge in [-0.3, -0.25) is 4.90 Å². The number of hydrogen-bond donors (Lipinski definition) is 1. The number of benzene rings is 2. The Balaban J connectivity index is 1.41. The van der Waals surface area contributed by atoms with Gasteiger partial charge in [0.05, 0.1) is 18.8 Å². The lowest BCUT2D eigenvalue weighted by Crippen LogP contribution is -2.44. The van der Waals surface area contributed by atoms with Crippen molar-refractivity contribution in [2.75, 3.05) is 19.7 Å². The van der Waals surface area contributed by atoms with Gasteiger partial charge >= 0.3 is 0 Å². The Bertz CT molecular complexity index is 1530. The van der Waals surface area contributed by atoms with Gasteiger partial charge in [0.2, 0.25) is 0 Å². The van der Waals surface area contributed by atoms with E-state index in [1.54, 1.807) is 11.3 Å². The number of rotatable bonds is 9. The molecule has 0 aliphatic carbocycles. The molecule has 1 aliphatic rings. The average Bonchev–Trinajstić information content (AvgIpc) is 3.67. The van der Waals surface area contributed by atoms with Crippen LogP contribution in [0.3, 0.4) is 0 Å². The number of likely N-dealkylation sites (N-methyl/N-ethyl adjacent to an activating group) is 1. The first-order valence-corrected chi connectivity index (χ1v) is 14.6. The fourth-order valence-corrected chi connectivity index (χ4v) is 7.15. The molecule has 6 nitrogen and oxygen atoms in total. The van der Waals surface area contributed by atoms with Crippen LogP contribution in [0.4, 0.5) is 0 Å². The summed E-state index contributed by atoms with van der Waals surface area (Å²) >= 11 is 8.57. The number of aliphatic hydroxyl groups excluding tert-OH is 1. The number of nitrogens with zero attached hydrogens (tertiary/aromatic N) is 4. The third kappa shape index (κ3) is 4.90. The largest absolute Gasteiger partial charge is 0.395 e. The van der Waals surface area contributed by atoms with Gasteiger partial charge in [0.25, 0.3) is 0 Å². The summed E-state index contributed by atoms with van der Waals surface area (Å²) < 4.78 is 11.4. The molecule has 3 atom stereocenters. The lowest BCUT2D eigenvalue weighted by Gasteiger charge is -2.43. The number of aliphatic hydroxyl groups is 1. The molecular formula is C30H33ClN4O2S. The monoisotopic (exact) mass is 548 g/mol. The van der Waals surface area contributed by atoms with Crippen molar-refractivity contribution in [3.63, 3.8) is 0 Å². The van der Waals surface area contributed by atoms with E-state index >= 15 is 0 Å². The van der Waals surface area contributed by atoms with Crippen molar-refractivity contribution in [1.82, 2.24) is 19.0 Å². The SMILES string of the molecule is CCN(CCO)Cc1csc(C2(Cn3ccc4ccccc43)CC(n3ccc4ccccc43)CC(Cl)O2)n1. The fourth-order valence-electron chi connectivity index (χ4n) is 5.82. The first kappa shape index (κ1) is 25.6. The van der Waals surface area contributed by atoms with Crippen LogP contribution in [0, 0.1) is 0 Å². The molecule has 0 saturated carbocycles. The Morgan fingerprint density at radius 3 is 2.61 bits per heavy atom. The molecule has 1 aliphatic heterocycles. The van der Waals surface area contributed by atoms with E-state index in [9.17, 15) is 5.11 Å². The molecule has 5 aromatic rings. The highest BCUT2D eigenvalue weighted by atomic mass is 35.5. The average molecular weight is 549 g/mol. The minimum Gasteiger partial charge on any atom is -0.395 e. The van der Waals surface area contributed by atoms with Gasteiger partial charge < -0.3 is 19.0 Å². The fraction of sp³-hybridized carbons (Fsp3) is 0.367. The van der Waals surface area contributed by atoms with E-state index in [1.807, 2.05) is 0 Å². The van der Waals surface area contributed by atoms with Crippen molar-refractivity contribution in [3.05, 3.63) is 89.1 Å². The van der Waals surface area contributed by atoms with Crippen LogP contribution in [0.25, 0.3) is 21.8 Å². The number of halogens is 1. The van der Waals surface area contributed by atoms with Crippen molar-refractivity contribution < 1.29 is 9.84 Å². The lowest BCUT2D eigenvalue weighted by molar-refractivity contribution is -0.127. The minimum absolute atomic E-state index is 0.138. The van der Waals surface area contributed by atoms with Gasteiger partial charge in [0, 0.05) is 60.8 Å². The van der Waals surface area contributed by atoms with Gasteiger partial charge in [-0.05, 0) is 41.6 Å². The second-order valence-corrected chi connectivity index (χ2v) is 11.5. The Kier molecular flexibility index (Phi) is 7.29. The topological polar surface area (TPSA) is 55.5 Å². The van der Waals surface area contributed by atoms with Crippen LogP contribution in [0.5, 0.6) is 0 Å². The van der Waals surface area contributed by atoms with Crippen molar-refractivity contribution in [2.24, 2.45) is 0 Å². The van der Waals surface area contributed by atoms with E-state index in [0.29, 0.717) is 19.6 Å². The number of para-hydroxylation sites is 2. The second-order valence-electron chi connectivity index (χ2n) is 10.1. The molecule has 1 fully saturated rings. The molecule has 6 rings (SSSR count). The Morgan fingerprint density at radius 2 is 1.82 bits per heavy atom. The number of hydrogen-bond acceptors (Lipinski definition) is 5. The van der Waals surface area contributed by atoms with Crippen LogP contribution in [-0.4, -0.2) is 49.4 Å². The summed E-state index contributed by atoms with van der Waals surface area (Å²) in [6, 6.07) is 21.4. The van der Waals surface area contributed by atoms with Gasteiger partial charge in [0.1, 0.15) is 16.2 Å². The summed E-state index contributed by atoms with van der Waals surface area (Å²) in [7, 11) is 0. The van der Waals surface area contributed by atoms with Crippen molar-refractivity contribution in [1.29, 1.82) is 0 Å². The molecule has 0 radical (unpaired) electrons. The van der Waals surface area contributed by atoms with Crippen molar-refractivity contribution >= 4 is 44.7 Å². The van der Waals surface area contributed by atoms with Crippen LogP contribution in [0.1, 0.15) is 36.5 Å². The predicted molar refractivity (Wildman–Crippen MR) is 155 cm³/mol. The number of aromatic nitrogens is 3. The molecular weight excluding hydrogens is 516 g/mol. The smallest absolute Gasteiger partial charge is 0.141 e. The maximum atomic E-state index is 9.45. The summed E-state index contributed by atoms with van der Waals surface area (Å²) in [6.45, 7) is 5.06. The maximum Gasteiger partial charge on any atom is 0.141 e. The zero-order valence-corrected chi connectivity index (χ0v) is 23.1. The van der Waals surface area contributed by atoms with E-state index in [0.717, 1.165) is 30.1 Å². The maximum absolute atomic E-state index is 9.45. The molecule has 0 amide bonds. The Labute approximate surface area is 232 Å². The predicted octanol–water partition coefficient (Wildman–Crippen LogP) is 6.38. The summed E-state index contributed by atoms with van der Waals surface area (Å²) in [5, 5.41) is 15.0. The van der Waals surface area contributed by atoms with Crippen molar-refractivity contribution in [3.8, 4) is 0 Å². The highest BCUT2D eigenvalue weighted by Gasteiger charge is 2.46. The second kappa shape index (κ2) is 10.8. The van der Waals surface area contributed by atoms with Crippen LogP contribution >= 0.6 is 22.9 Å². The van der Waals surface area contributed by atoms with Gasteiger partial charge in [-0.2, -0.15) is 0 Å². The van der Waals surface area contributed by atoms with Gasteiger partial charge in [0.15, 0.2) is 0 Å². The Morgan fingerprint density at radius 1 is 1.08 bits per heavy atom. The van der Waals surface area contributed by atoms with Crippen LogP contribution in [-0.2, 0) is 23.4 Å². The number of thiazole rings is 1. The van der Waals surface area contributed by atoms with E-state index in [2.05, 4.69) is 99.4 Å². The normalized spacial score (nSPS) is 22.1. The van der Waals surface area contributed by atoms with Gasteiger partial charge in [-0.25, -0.2) is 4.98 Å². The minimum atomic E-state index is -0.681. The summed E-state index contributed by atoms with van der Waals surface area (Å²) in [5.41, 5.74) is 2.27. The molecule has 3 aromatic heterocycles. The molecule has 1 saturated heterocycles. The molecule has 38 heavy (non-hydrogen) atoms. The standard InChI is InChI=1S/C30H33ClN4O2S/c1-2-33(15-16-36)19-24-20-38-29(32-24)30(21-34-13-11-22-7-3-5-9-26(22)34)18-25(17-28(31)37-30)35-14-12-23-8-4-6-10-27(23)35/h3-14,20,25,28,36H,2,15-19,21H2,1H3. The highest BCUT2D eigenvalue weighted by molar-refractivity contribution is 7.09. The first-order chi connectivity index (χ1) is 18.6. The van der Waals surface area contributed by atoms with Crippen molar-refractivity contribution in [2.45, 2.75) is 50.1 Å². The summed E-state index contributed by atoms with van der Waals surface area (Å²) in [6.07, 6.45) is 5.82. The van der Waals surface area contributed by atoms with E-state index in [4.69, 9.17) is 21.3 Å².